The molecule has 0 spiro atoms. The van der Waals surface area contributed by atoms with Gasteiger partial charge in [0.15, 0.2) is 0 Å². The third-order valence-electron chi connectivity index (χ3n) is 5.36. The fraction of sp³-hybridized carbons (Fsp3) is 0.0455. The van der Waals surface area contributed by atoms with Gasteiger partial charge < -0.3 is 15.6 Å². The van der Waals surface area contributed by atoms with E-state index in [0.717, 1.165) is 49.6 Å². The second-order valence-corrected chi connectivity index (χ2v) is 6.89. The monoisotopic (exact) mass is 362 g/mol. The van der Waals surface area contributed by atoms with Gasteiger partial charge in [-0.2, -0.15) is 5.26 Å². The number of H-pyrrole nitrogens is 1. The zero-order valence-electron chi connectivity index (χ0n) is 14.7. The van der Waals surface area contributed by atoms with Crippen LogP contribution in [-0.2, 0) is 0 Å². The third kappa shape index (κ3) is 1.96. The van der Waals surface area contributed by atoms with E-state index in [9.17, 15) is 5.26 Å². The number of hydrogen-bond donors (Lipinski definition) is 3. The van der Waals surface area contributed by atoms with E-state index in [1.807, 2.05) is 36.5 Å². The average Bonchev–Trinajstić information content (AvgIpc) is 3.38. The van der Waals surface area contributed by atoms with Crippen molar-refractivity contribution in [2.45, 2.75) is 6.17 Å². The predicted octanol–water partition coefficient (Wildman–Crippen LogP) is 4.67. The van der Waals surface area contributed by atoms with E-state index in [4.69, 9.17) is 0 Å². The molecule has 6 rings (SSSR count). The Morgan fingerprint density at radius 3 is 2.18 bits per heavy atom. The molecule has 0 bridgehead atoms. The minimum atomic E-state index is -0.119. The van der Waals surface area contributed by atoms with Gasteiger partial charge in [0.05, 0.1) is 34.0 Å². The third-order valence-corrected chi connectivity index (χ3v) is 5.36. The van der Waals surface area contributed by atoms with Gasteiger partial charge in [-0.15, -0.1) is 0 Å². The first kappa shape index (κ1) is 15.0. The molecule has 132 valence electrons. The fourth-order valence-corrected chi connectivity index (χ4v) is 4.09. The number of benzene rings is 2. The minimum Gasteiger partial charge on any atom is -0.361 e. The Labute approximate surface area is 159 Å². The topological polar surface area (TPSA) is 89.4 Å². The average molecular weight is 362 g/mol. The number of nitrogens with zero attached hydrogens (tertiary/aromatic N) is 3. The molecule has 0 amide bonds. The molecule has 6 nitrogen and oxygen atoms in total. The van der Waals surface area contributed by atoms with E-state index in [0.29, 0.717) is 5.56 Å². The van der Waals surface area contributed by atoms with E-state index in [1.54, 1.807) is 12.4 Å². The zero-order chi connectivity index (χ0) is 18.7. The van der Waals surface area contributed by atoms with E-state index >= 15 is 0 Å². The van der Waals surface area contributed by atoms with Crippen LogP contribution in [0, 0.1) is 11.3 Å². The Balaban J connectivity index is 1.57. The summed E-state index contributed by atoms with van der Waals surface area (Å²) < 4.78 is 0. The molecule has 0 aliphatic carbocycles. The summed E-state index contributed by atoms with van der Waals surface area (Å²) in [6.07, 6.45) is 5.47. The van der Waals surface area contributed by atoms with Crippen molar-refractivity contribution in [1.29, 1.82) is 5.26 Å². The van der Waals surface area contributed by atoms with Gasteiger partial charge in [-0.05, 0) is 42.5 Å². The fourth-order valence-electron chi connectivity index (χ4n) is 4.09. The van der Waals surface area contributed by atoms with E-state index in [1.165, 1.54) is 0 Å². The van der Waals surface area contributed by atoms with Crippen LogP contribution in [0.3, 0.4) is 0 Å². The largest absolute Gasteiger partial charge is 0.361 e. The molecule has 1 aliphatic heterocycles. The number of pyridine rings is 2. The molecule has 3 aromatic heterocycles. The second kappa shape index (κ2) is 5.44. The van der Waals surface area contributed by atoms with Gasteiger partial charge in [-0.3, -0.25) is 9.97 Å². The Kier molecular flexibility index (Phi) is 2.92. The van der Waals surface area contributed by atoms with Crippen molar-refractivity contribution in [2.24, 2.45) is 0 Å². The highest BCUT2D eigenvalue weighted by Gasteiger charge is 2.28. The molecule has 5 aromatic rings. The molecule has 0 fully saturated rings. The molecular weight excluding hydrogens is 348 g/mol. The normalized spacial score (nSPS) is 13.4. The first-order valence-electron chi connectivity index (χ1n) is 9.03. The summed E-state index contributed by atoms with van der Waals surface area (Å²) in [6.45, 7) is 0. The molecule has 0 saturated heterocycles. The summed E-state index contributed by atoms with van der Waals surface area (Å²) in [7, 11) is 0. The number of nitriles is 1. The van der Waals surface area contributed by atoms with Gasteiger partial charge in [-0.1, -0.05) is 0 Å². The van der Waals surface area contributed by atoms with Crippen LogP contribution in [0.5, 0.6) is 0 Å². The maximum Gasteiger partial charge on any atom is 0.125 e. The van der Waals surface area contributed by atoms with Gasteiger partial charge in [-0.25, -0.2) is 0 Å². The lowest BCUT2D eigenvalue weighted by Crippen LogP contribution is -2.11. The van der Waals surface area contributed by atoms with Crippen molar-refractivity contribution < 1.29 is 0 Å². The first-order valence-corrected chi connectivity index (χ1v) is 9.03. The number of anilines is 2. The van der Waals surface area contributed by atoms with Crippen LogP contribution in [-0.4, -0.2) is 15.0 Å². The molecule has 28 heavy (non-hydrogen) atoms. The number of aromatic nitrogens is 3. The minimum absolute atomic E-state index is 0.119. The highest BCUT2D eigenvalue weighted by atomic mass is 15.2. The molecule has 3 N–H and O–H groups in total. The molecule has 2 aromatic carbocycles. The summed E-state index contributed by atoms with van der Waals surface area (Å²) in [4.78, 5) is 12.5. The van der Waals surface area contributed by atoms with E-state index in [2.05, 4.69) is 43.8 Å². The number of rotatable bonds is 1. The number of fused-ring (bicyclic) bond motifs is 7. The molecule has 0 saturated carbocycles. The molecular formula is C22H14N6. The van der Waals surface area contributed by atoms with Gasteiger partial charge in [0.1, 0.15) is 6.17 Å². The quantitative estimate of drug-likeness (QED) is 0.377. The predicted molar refractivity (Wildman–Crippen MR) is 110 cm³/mol. The molecule has 0 radical (unpaired) electrons. The Morgan fingerprint density at radius 1 is 0.857 bits per heavy atom. The molecule has 4 heterocycles. The van der Waals surface area contributed by atoms with Crippen LogP contribution in [0.1, 0.15) is 17.3 Å². The maximum absolute atomic E-state index is 9.26. The second-order valence-electron chi connectivity index (χ2n) is 6.89. The van der Waals surface area contributed by atoms with Crippen molar-refractivity contribution in [3.8, 4) is 6.07 Å². The lowest BCUT2D eigenvalue weighted by Gasteiger charge is -2.11. The molecule has 6 heteroatoms. The molecule has 0 atom stereocenters. The summed E-state index contributed by atoms with van der Waals surface area (Å²) in [5, 5.41) is 19.6. The van der Waals surface area contributed by atoms with Gasteiger partial charge in [0.25, 0.3) is 0 Å². The summed E-state index contributed by atoms with van der Waals surface area (Å²) in [5.41, 5.74) is 6.55. The standard InChI is InChI=1S/C22H14N6/c23-10-12-5-6-17-15(9-12)16(11-26-17)22-27-20-13-3-1-7-24-18(13)19-14(21(20)28-22)4-2-8-25-19/h1-9,11,22,26-28H. The highest BCUT2D eigenvalue weighted by molar-refractivity contribution is 6.18. The van der Waals surface area contributed by atoms with Crippen LogP contribution in [0.2, 0.25) is 0 Å². The van der Waals surface area contributed by atoms with Crippen LogP contribution in [0.4, 0.5) is 11.4 Å². The van der Waals surface area contributed by atoms with Gasteiger partial charge >= 0.3 is 0 Å². The Bertz CT molecular complexity index is 1380. The number of aromatic amines is 1. The highest BCUT2D eigenvalue weighted by Crippen LogP contribution is 2.46. The Morgan fingerprint density at radius 2 is 1.54 bits per heavy atom. The van der Waals surface area contributed by atoms with Gasteiger partial charge in [0.2, 0.25) is 0 Å². The molecule has 0 unspecified atom stereocenters. The van der Waals surface area contributed by atoms with Crippen LogP contribution in [0.25, 0.3) is 32.7 Å². The van der Waals surface area contributed by atoms with Crippen LogP contribution in [0.15, 0.2) is 61.1 Å². The van der Waals surface area contributed by atoms with Crippen molar-refractivity contribution in [3.63, 3.8) is 0 Å². The van der Waals surface area contributed by atoms with Crippen LogP contribution >= 0.6 is 0 Å². The van der Waals surface area contributed by atoms with E-state index in [-0.39, 0.29) is 6.17 Å². The zero-order valence-corrected chi connectivity index (χ0v) is 14.7. The lowest BCUT2D eigenvalue weighted by atomic mass is 10.1. The van der Waals surface area contributed by atoms with Crippen LogP contribution < -0.4 is 10.6 Å². The summed E-state index contributed by atoms with van der Waals surface area (Å²) >= 11 is 0. The number of nitrogens with one attached hydrogen (secondary N) is 3. The Hall–Kier alpha value is -4.11. The van der Waals surface area contributed by atoms with Crippen molar-refractivity contribution in [1.82, 2.24) is 15.0 Å². The SMILES string of the molecule is N#Cc1ccc2[nH]cc(C3Nc4c(c5cccnc5c5ncccc45)N3)c2c1. The summed E-state index contributed by atoms with van der Waals surface area (Å²) in [6, 6.07) is 15.9. The van der Waals surface area contributed by atoms with Gasteiger partial charge in [0, 0.05) is 45.8 Å². The van der Waals surface area contributed by atoms with E-state index < -0.39 is 0 Å². The maximum atomic E-state index is 9.26. The van der Waals surface area contributed by atoms with Crippen molar-refractivity contribution in [3.05, 3.63) is 72.2 Å². The number of hydrogen-bond acceptors (Lipinski definition) is 5. The van der Waals surface area contributed by atoms with Crippen molar-refractivity contribution >= 4 is 44.1 Å². The lowest BCUT2D eigenvalue weighted by molar-refractivity contribution is 0.953. The smallest absolute Gasteiger partial charge is 0.125 e. The first-order chi connectivity index (χ1) is 13.8. The molecule has 1 aliphatic rings. The van der Waals surface area contributed by atoms with Crippen molar-refractivity contribution in [2.75, 3.05) is 10.6 Å². The summed E-state index contributed by atoms with van der Waals surface area (Å²) in [5.74, 6) is 0.